The zero-order valence-electron chi connectivity index (χ0n) is 6.96. The molecule has 0 saturated heterocycles. The van der Waals surface area contributed by atoms with Gasteiger partial charge in [-0.15, -0.1) is 0 Å². The van der Waals surface area contributed by atoms with Crippen molar-refractivity contribution in [3.05, 3.63) is 35.4 Å². The molecule has 1 N–H and O–H groups in total. The highest BCUT2D eigenvalue weighted by molar-refractivity contribution is 6.05. The molecule has 0 spiro atoms. The highest BCUT2D eigenvalue weighted by Gasteiger charge is 2.18. The lowest BCUT2D eigenvalue weighted by molar-refractivity contribution is -0.135. The fourth-order valence-electron chi connectivity index (χ4n) is 0.990. The maximum atomic E-state index is 12.9. The fourth-order valence-corrected chi connectivity index (χ4v) is 0.990. The SMILES string of the molecule is O=C(O)CC(=O)c1c(F)cccc1F. The maximum Gasteiger partial charge on any atom is 0.311 e. The number of carboxylic acids is 1. The van der Waals surface area contributed by atoms with Gasteiger partial charge in [0, 0.05) is 0 Å². The standard InChI is InChI=1S/C9H6F2O3/c10-5-2-1-3-6(11)9(5)7(12)4-8(13)14/h1-3H,4H2,(H,13,14). The van der Waals surface area contributed by atoms with Gasteiger partial charge in [-0.25, -0.2) is 8.78 Å². The lowest BCUT2D eigenvalue weighted by atomic mass is 10.1. The summed E-state index contributed by atoms with van der Waals surface area (Å²) in [6, 6.07) is 2.90. The van der Waals surface area contributed by atoms with Crippen molar-refractivity contribution < 1.29 is 23.5 Å². The van der Waals surface area contributed by atoms with Crippen LogP contribution >= 0.6 is 0 Å². The van der Waals surface area contributed by atoms with Crippen molar-refractivity contribution in [2.75, 3.05) is 0 Å². The second-order valence-electron chi connectivity index (χ2n) is 2.59. The van der Waals surface area contributed by atoms with Crippen LogP contribution in [0.1, 0.15) is 16.8 Å². The van der Waals surface area contributed by atoms with Crippen LogP contribution in [0.4, 0.5) is 8.78 Å². The minimum Gasteiger partial charge on any atom is -0.481 e. The van der Waals surface area contributed by atoms with Gasteiger partial charge in [0.2, 0.25) is 0 Å². The molecule has 0 radical (unpaired) electrons. The molecule has 74 valence electrons. The smallest absolute Gasteiger partial charge is 0.311 e. The van der Waals surface area contributed by atoms with E-state index in [4.69, 9.17) is 5.11 Å². The van der Waals surface area contributed by atoms with Crippen LogP contribution in [0.5, 0.6) is 0 Å². The van der Waals surface area contributed by atoms with Gasteiger partial charge < -0.3 is 5.11 Å². The molecule has 0 bridgehead atoms. The average Bonchev–Trinajstić information content (AvgIpc) is 2.01. The Labute approximate surface area is 78.0 Å². The minimum atomic E-state index is -1.42. The number of hydrogen-bond acceptors (Lipinski definition) is 2. The van der Waals surface area contributed by atoms with Crippen molar-refractivity contribution in [1.82, 2.24) is 0 Å². The van der Waals surface area contributed by atoms with Gasteiger partial charge in [0.15, 0.2) is 5.78 Å². The van der Waals surface area contributed by atoms with Crippen LogP contribution in [0, 0.1) is 11.6 Å². The lowest BCUT2D eigenvalue weighted by Gasteiger charge is -2.00. The molecule has 14 heavy (non-hydrogen) atoms. The molecule has 0 unspecified atom stereocenters. The fraction of sp³-hybridized carbons (Fsp3) is 0.111. The Morgan fingerprint density at radius 2 is 1.71 bits per heavy atom. The molecule has 0 aliphatic heterocycles. The van der Waals surface area contributed by atoms with Gasteiger partial charge >= 0.3 is 5.97 Å². The predicted molar refractivity (Wildman–Crippen MR) is 42.9 cm³/mol. The van der Waals surface area contributed by atoms with Crippen LogP contribution in [0.2, 0.25) is 0 Å². The molecule has 0 fully saturated rings. The maximum absolute atomic E-state index is 12.9. The Bertz CT molecular complexity index is 367. The molecule has 0 atom stereocenters. The number of halogens is 2. The number of Topliss-reactive ketones (excluding diaryl/α,β-unsaturated/α-hetero) is 1. The zero-order chi connectivity index (χ0) is 10.7. The predicted octanol–water partition coefficient (Wildman–Crippen LogP) is 1.62. The molecule has 0 saturated carbocycles. The molecule has 0 aliphatic rings. The lowest BCUT2D eigenvalue weighted by Crippen LogP contribution is -2.10. The van der Waals surface area contributed by atoms with E-state index in [0.717, 1.165) is 18.2 Å². The van der Waals surface area contributed by atoms with Gasteiger partial charge in [0.05, 0.1) is 5.56 Å². The van der Waals surface area contributed by atoms with Gasteiger partial charge in [0.25, 0.3) is 0 Å². The topological polar surface area (TPSA) is 54.4 Å². The molecule has 0 heterocycles. The molecule has 5 heteroatoms. The minimum absolute atomic E-state index is 0.796. The molecule has 0 aliphatic carbocycles. The molecule has 1 aromatic rings. The van der Waals surface area contributed by atoms with Crippen LogP contribution < -0.4 is 0 Å². The molecule has 0 aromatic heterocycles. The van der Waals surface area contributed by atoms with E-state index in [1.807, 2.05) is 0 Å². The third-order valence-corrected chi connectivity index (χ3v) is 1.55. The van der Waals surface area contributed by atoms with Gasteiger partial charge in [-0.3, -0.25) is 9.59 Å². The average molecular weight is 200 g/mol. The summed E-state index contributed by atoms with van der Waals surface area (Å²) in [5.74, 6) is -4.58. The highest BCUT2D eigenvalue weighted by Crippen LogP contribution is 2.13. The largest absolute Gasteiger partial charge is 0.481 e. The highest BCUT2D eigenvalue weighted by atomic mass is 19.1. The van der Waals surface area contributed by atoms with Crippen LogP contribution in [0.3, 0.4) is 0 Å². The van der Waals surface area contributed by atoms with E-state index in [2.05, 4.69) is 0 Å². The Morgan fingerprint density at radius 3 is 2.14 bits per heavy atom. The first kappa shape index (κ1) is 10.3. The molecule has 1 aromatic carbocycles. The quantitative estimate of drug-likeness (QED) is 0.595. The number of aliphatic carboxylic acids is 1. The van der Waals surface area contributed by atoms with Crippen molar-refractivity contribution in [3.8, 4) is 0 Å². The first-order valence-electron chi connectivity index (χ1n) is 3.71. The molecule has 0 amide bonds. The van der Waals surface area contributed by atoms with E-state index in [-0.39, 0.29) is 0 Å². The summed E-state index contributed by atoms with van der Waals surface area (Å²) in [4.78, 5) is 21.2. The van der Waals surface area contributed by atoms with E-state index >= 15 is 0 Å². The summed E-state index contributed by atoms with van der Waals surface area (Å²) in [6.07, 6.45) is -0.919. The second-order valence-corrected chi connectivity index (χ2v) is 2.59. The van der Waals surface area contributed by atoms with Crippen molar-refractivity contribution in [3.63, 3.8) is 0 Å². The Morgan fingerprint density at radius 1 is 1.21 bits per heavy atom. The number of carbonyl (C=O) groups is 2. The summed E-state index contributed by atoms with van der Waals surface area (Å²) in [5.41, 5.74) is -0.796. The molecule has 1 rings (SSSR count). The number of rotatable bonds is 3. The van der Waals surface area contributed by atoms with Gasteiger partial charge in [-0.05, 0) is 12.1 Å². The molecular weight excluding hydrogens is 194 g/mol. The van der Waals surface area contributed by atoms with E-state index in [9.17, 15) is 18.4 Å². The number of carboxylic acid groups (broad SMARTS) is 1. The van der Waals surface area contributed by atoms with Crippen LogP contribution in [0.15, 0.2) is 18.2 Å². The third kappa shape index (κ3) is 2.12. The first-order valence-corrected chi connectivity index (χ1v) is 3.71. The number of ketones is 1. The first-order chi connectivity index (χ1) is 6.52. The van der Waals surface area contributed by atoms with Crippen molar-refractivity contribution in [2.24, 2.45) is 0 Å². The van der Waals surface area contributed by atoms with E-state index in [1.54, 1.807) is 0 Å². The molecule has 3 nitrogen and oxygen atoms in total. The third-order valence-electron chi connectivity index (χ3n) is 1.55. The summed E-state index contributed by atoms with van der Waals surface area (Å²) < 4.78 is 25.8. The Balaban J connectivity index is 3.06. The molecular formula is C9H6F2O3. The van der Waals surface area contributed by atoms with Gasteiger partial charge in [-0.1, -0.05) is 6.07 Å². The van der Waals surface area contributed by atoms with Crippen LogP contribution in [0.25, 0.3) is 0 Å². The monoisotopic (exact) mass is 200 g/mol. The van der Waals surface area contributed by atoms with Gasteiger partial charge in [0.1, 0.15) is 18.1 Å². The number of hydrogen-bond donors (Lipinski definition) is 1. The van der Waals surface area contributed by atoms with E-state index in [0.29, 0.717) is 0 Å². The summed E-state index contributed by atoms with van der Waals surface area (Å²) >= 11 is 0. The Kier molecular flexibility index (Phi) is 2.91. The second kappa shape index (κ2) is 3.95. The number of benzene rings is 1. The zero-order valence-corrected chi connectivity index (χ0v) is 6.96. The van der Waals surface area contributed by atoms with Crippen molar-refractivity contribution >= 4 is 11.8 Å². The van der Waals surface area contributed by atoms with Crippen LogP contribution in [-0.4, -0.2) is 16.9 Å². The van der Waals surface area contributed by atoms with Crippen LogP contribution in [-0.2, 0) is 4.79 Å². The van der Waals surface area contributed by atoms with E-state index < -0.39 is 35.4 Å². The Hall–Kier alpha value is -1.78. The normalized spacial score (nSPS) is 9.86. The summed E-state index contributed by atoms with van der Waals surface area (Å²) in [7, 11) is 0. The van der Waals surface area contributed by atoms with Crippen molar-refractivity contribution in [2.45, 2.75) is 6.42 Å². The van der Waals surface area contributed by atoms with Gasteiger partial charge in [-0.2, -0.15) is 0 Å². The summed E-state index contributed by atoms with van der Waals surface area (Å²) in [6.45, 7) is 0. The van der Waals surface area contributed by atoms with E-state index in [1.165, 1.54) is 0 Å². The summed E-state index contributed by atoms with van der Waals surface area (Å²) in [5, 5.41) is 8.26. The van der Waals surface area contributed by atoms with Crippen molar-refractivity contribution in [1.29, 1.82) is 0 Å². The number of carbonyl (C=O) groups excluding carboxylic acids is 1.